The summed E-state index contributed by atoms with van der Waals surface area (Å²) in [5.74, 6) is -0.493. The highest BCUT2D eigenvalue weighted by molar-refractivity contribution is 6.32. The molecule has 14 nitrogen and oxygen atoms in total. The summed E-state index contributed by atoms with van der Waals surface area (Å²) in [6, 6.07) is 32.9. The van der Waals surface area contributed by atoms with Crippen LogP contribution in [0, 0.1) is 0 Å². The van der Waals surface area contributed by atoms with E-state index in [1.807, 2.05) is 55.5 Å². The molecule has 4 unspecified atom stereocenters. The summed E-state index contributed by atoms with van der Waals surface area (Å²) in [5, 5.41) is 17.6. The van der Waals surface area contributed by atoms with E-state index in [4.69, 9.17) is 16.2 Å². The molecule has 4 aromatic heterocycles. The number of fused-ring (bicyclic) bond motifs is 26. The van der Waals surface area contributed by atoms with Gasteiger partial charge in [0.15, 0.2) is 0 Å². The van der Waals surface area contributed by atoms with Crippen molar-refractivity contribution in [1.29, 1.82) is 0 Å². The number of nitrogens with one attached hydrogen (secondary N) is 3. The molecule has 4 bridgehead atoms. The van der Waals surface area contributed by atoms with E-state index in [1.165, 1.54) is 0 Å². The van der Waals surface area contributed by atoms with Gasteiger partial charge in [0.1, 0.15) is 11.1 Å². The molecule has 2 fully saturated rings. The van der Waals surface area contributed by atoms with Crippen LogP contribution < -0.4 is 27.4 Å². The molecule has 69 heavy (non-hydrogen) atoms. The standard InChI is InChI=1S/C28H24N4O3.C27H23N5O2/c1-2-35-27(34)28(29)12-14-11-20(28)32-19-10-6-3-7-15(19)21-17-13-30-26(33)23(17)22-16-8-4-5-9-18(16)31(14)25(22)24(21)32;1-29-26(34)27(28)11-13-10-19(27)32-18-9-5-2-6-14(18)20-16-12-30-25(33)22(16)21-15-7-3-4-8-17(15)31(13)24(21)23(20)32/h3-10,14,20H,2,11-13,29H2,1H3,(H,30,33);2-9,13,19H,10-12,28H2,1H3,(H,29,34)(H,30,33)/t14?,20?,28-;13?,19?,27-/m00/s1. The van der Waals surface area contributed by atoms with Crippen LogP contribution >= 0.6 is 0 Å². The predicted molar refractivity (Wildman–Crippen MR) is 266 cm³/mol. The molecule has 10 aromatic rings. The molecule has 0 saturated heterocycles. The fourth-order valence-corrected chi connectivity index (χ4v) is 14.6. The Kier molecular flexibility index (Phi) is 7.46. The van der Waals surface area contributed by atoms with Crippen LogP contribution in [0.2, 0.25) is 0 Å². The number of hydrogen-bond donors (Lipinski definition) is 5. The van der Waals surface area contributed by atoms with Crippen LogP contribution in [0.4, 0.5) is 0 Å². The first-order chi connectivity index (χ1) is 33.6. The average Bonchev–Trinajstić information content (AvgIpc) is 4.24. The lowest BCUT2D eigenvalue weighted by molar-refractivity contribution is -0.150. The van der Waals surface area contributed by atoms with Crippen molar-refractivity contribution in [3.63, 3.8) is 0 Å². The van der Waals surface area contributed by atoms with Crippen molar-refractivity contribution in [2.24, 2.45) is 11.5 Å². The molecular weight excluding hydrogens is 867 g/mol. The summed E-state index contributed by atoms with van der Waals surface area (Å²) in [6.45, 7) is 3.12. The number of nitrogens with zero attached hydrogens (tertiary/aromatic N) is 4. The van der Waals surface area contributed by atoms with Crippen molar-refractivity contribution < 1.29 is 23.9 Å². The Labute approximate surface area is 393 Å². The van der Waals surface area contributed by atoms with Crippen molar-refractivity contribution in [2.75, 3.05) is 13.7 Å². The summed E-state index contributed by atoms with van der Waals surface area (Å²) in [5.41, 5.74) is 24.1. The second-order valence-electron chi connectivity index (χ2n) is 20.1. The van der Waals surface area contributed by atoms with Gasteiger partial charge in [-0.2, -0.15) is 0 Å². The number of nitrogens with two attached hydrogens (primary N) is 2. The second-order valence-corrected chi connectivity index (χ2v) is 20.1. The number of esters is 1. The molecule has 8 heterocycles. The second kappa shape index (κ2) is 13.1. The third-order valence-electron chi connectivity index (χ3n) is 17.1. The number of carbonyl (C=O) groups is 4. The van der Waals surface area contributed by atoms with Crippen LogP contribution in [0.5, 0.6) is 0 Å². The van der Waals surface area contributed by atoms with Gasteiger partial charge in [-0.3, -0.25) is 14.4 Å². The summed E-state index contributed by atoms with van der Waals surface area (Å²) in [7, 11) is 1.66. The van der Waals surface area contributed by atoms with Gasteiger partial charge in [0, 0.05) is 97.4 Å². The van der Waals surface area contributed by atoms with Gasteiger partial charge in [-0.1, -0.05) is 72.8 Å². The van der Waals surface area contributed by atoms with Gasteiger partial charge in [-0.05, 0) is 68.0 Å². The van der Waals surface area contributed by atoms with Crippen LogP contribution in [-0.4, -0.2) is 66.7 Å². The van der Waals surface area contributed by atoms with Gasteiger partial charge in [0.05, 0.1) is 51.9 Å². The summed E-state index contributed by atoms with van der Waals surface area (Å²) in [4.78, 5) is 53.1. The van der Waals surface area contributed by atoms with E-state index in [0.717, 1.165) is 122 Å². The number of carbonyl (C=O) groups excluding carboxylic acids is 4. The van der Waals surface area contributed by atoms with Crippen molar-refractivity contribution in [1.82, 2.24) is 34.2 Å². The van der Waals surface area contributed by atoms with Crippen molar-refractivity contribution in [3.05, 3.63) is 119 Å². The minimum absolute atomic E-state index is 0.00965. The maximum absolute atomic E-state index is 13.4. The summed E-state index contributed by atoms with van der Waals surface area (Å²) < 4.78 is 14.9. The minimum Gasteiger partial charge on any atom is -0.465 e. The summed E-state index contributed by atoms with van der Waals surface area (Å²) >= 11 is 0. The van der Waals surface area contributed by atoms with Crippen LogP contribution in [0.1, 0.15) is 88.6 Å². The first kappa shape index (κ1) is 39.3. The maximum atomic E-state index is 13.4. The van der Waals surface area contributed by atoms with Crippen molar-refractivity contribution >= 4 is 111 Å². The van der Waals surface area contributed by atoms with Crippen molar-refractivity contribution in [3.8, 4) is 0 Å². The van der Waals surface area contributed by atoms with Crippen LogP contribution in [0.3, 0.4) is 0 Å². The molecule has 0 spiro atoms. The Bertz CT molecular complexity index is 4100. The minimum atomic E-state index is -1.14. The highest BCUT2D eigenvalue weighted by atomic mass is 16.5. The lowest BCUT2D eigenvalue weighted by atomic mass is 9.91. The Morgan fingerprint density at radius 3 is 1.41 bits per heavy atom. The zero-order valence-electron chi connectivity index (χ0n) is 38.0. The third-order valence-corrected chi connectivity index (χ3v) is 17.1. The molecular formula is C55H47N9O5. The molecule has 4 aliphatic heterocycles. The number of aromatic nitrogens is 4. The molecule has 6 aromatic carbocycles. The fraction of sp³-hybridized carbons (Fsp3) is 0.273. The topological polar surface area (TPSA) is 185 Å². The highest BCUT2D eigenvalue weighted by Gasteiger charge is 2.56. The predicted octanol–water partition coefficient (Wildman–Crippen LogP) is 7.77. The largest absolute Gasteiger partial charge is 0.465 e. The number of benzene rings is 6. The number of ether oxygens (including phenoxy) is 1. The number of amides is 3. The van der Waals surface area contributed by atoms with E-state index in [9.17, 15) is 19.2 Å². The van der Waals surface area contributed by atoms with Gasteiger partial charge in [0.2, 0.25) is 5.91 Å². The zero-order chi connectivity index (χ0) is 46.6. The number of rotatable bonds is 3. The molecule has 3 amide bonds. The maximum Gasteiger partial charge on any atom is 0.328 e. The molecule has 16 rings (SSSR count). The van der Waals surface area contributed by atoms with E-state index < -0.39 is 11.1 Å². The molecule has 2 aliphatic carbocycles. The van der Waals surface area contributed by atoms with Crippen LogP contribution in [0.15, 0.2) is 97.1 Å². The highest BCUT2D eigenvalue weighted by Crippen LogP contribution is 2.58. The summed E-state index contributed by atoms with van der Waals surface area (Å²) in [6.07, 6.45) is 2.52. The first-order valence-corrected chi connectivity index (χ1v) is 24.1. The Morgan fingerprint density at radius 1 is 0.594 bits per heavy atom. The Balaban J connectivity index is 0.000000125. The van der Waals surface area contributed by atoms with Gasteiger partial charge >= 0.3 is 5.97 Å². The normalized spacial score (nSPS) is 24.8. The molecule has 342 valence electrons. The van der Waals surface area contributed by atoms with E-state index in [0.29, 0.717) is 32.5 Å². The number of para-hydroxylation sites is 4. The van der Waals surface area contributed by atoms with E-state index in [1.54, 1.807) is 7.05 Å². The molecule has 7 N–H and O–H groups in total. The molecule has 14 heteroatoms. The third kappa shape index (κ3) is 4.51. The molecule has 6 aliphatic rings. The lowest BCUT2D eigenvalue weighted by Crippen LogP contribution is -2.56. The number of hydrogen-bond acceptors (Lipinski definition) is 7. The molecule has 2 saturated carbocycles. The van der Waals surface area contributed by atoms with Gasteiger partial charge < -0.3 is 50.4 Å². The van der Waals surface area contributed by atoms with E-state index >= 15 is 0 Å². The van der Waals surface area contributed by atoms with Gasteiger partial charge in [0.25, 0.3) is 11.8 Å². The average molecular weight is 914 g/mol. The zero-order valence-corrected chi connectivity index (χ0v) is 38.0. The quantitative estimate of drug-likeness (QED) is 0.112. The molecule has 6 atom stereocenters. The van der Waals surface area contributed by atoms with Crippen molar-refractivity contribution in [2.45, 2.75) is 80.9 Å². The lowest BCUT2D eigenvalue weighted by Gasteiger charge is -2.32. The van der Waals surface area contributed by atoms with E-state index in [-0.39, 0.29) is 47.9 Å². The van der Waals surface area contributed by atoms with E-state index in [2.05, 4.69) is 82.7 Å². The van der Waals surface area contributed by atoms with Gasteiger partial charge in [-0.15, -0.1) is 0 Å². The smallest absolute Gasteiger partial charge is 0.328 e. The fourth-order valence-electron chi connectivity index (χ4n) is 14.6. The van der Waals surface area contributed by atoms with Gasteiger partial charge in [-0.25, -0.2) is 4.79 Å². The number of likely N-dealkylation sites (N-methyl/N-ethyl adjacent to an activating group) is 1. The van der Waals surface area contributed by atoms with Crippen LogP contribution in [0.25, 0.3) is 87.2 Å². The Hall–Kier alpha value is -7.68. The molecule has 0 radical (unpaired) electrons. The first-order valence-electron chi connectivity index (χ1n) is 24.1. The Morgan fingerprint density at radius 2 is 0.971 bits per heavy atom. The SMILES string of the molecule is CCOC(=O)[C@]1(N)CC2CC1n1c3ccccc3c3c4c(c5c6ccccc6n2c5c31)C(=O)NC4.CNC(=O)[C@]1(N)CC2CC1n1c3ccccc3c3c4c(c5c6ccccc6n2c5c31)C(=O)NC4. The monoisotopic (exact) mass is 913 g/mol. The van der Waals surface area contributed by atoms with Crippen LogP contribution in [-0.2, 0) is 27.4 Å².